The van der Waals surface area contributed by atoms with Crippen LogP contribution in [-0.2, 0) is 11.3 Å². The maximum Gasteiger partial charge on any atom is 0.246 e. The van der Waals surface area contributed by atoms with Gasteiger partial charge in [-0.3, -0.25) is 4.79 Å². The van der Waals surface area contributed by atoms with E-state index in [-0.39, 0.29) is 24.2 Å². The molecule has 0 saturated heterocycles. The minimum absolute atomic E-state index is 0.153. The van der Waals surface area contributed by atoms with Gasteiger partial charge >= 0.3 is 0 Å². The molecule has 1 atom stereocenters. The topological polar surface area (TPSA) is 68.0 Å². The summed E-state index contributed by atoms with van der Waals surface area (Å²) >= 11 is 1.52. The van der Waals surface area contributed by atoms with Crippen LogP contribution in [0.25, 0.3) is 10.7 Å². The zero-order valence-electron chi connectivity index (χ0n) is 13.0. The molecule has 2 heterocycles. The summed E-state index contributed by atoms with van der Waals surface area (Å²) in [5.74, 6) is 0.0479. The first-order chi connectivity index (χ1) is 11.7. The van der Waals surface area contributed by atoms with Gasteiger partial charge in [-0.15, -0.1) is 11.3 Å². The summed E-state index contributed by atoms with van der Waals surface area (Å²) in [6, 6.07) is 9.79. The monoisotopic (exact) mass is 345 g/mol. The summed E-state index contributed by atoms with van der Waals surface area (Å²) in [5.41, 5.74) is 0.779. The number of carbonyl (C=O) groups excluding carboxylic acids is 1. The molecule has 1 amide bonds. The molecule has 0 aliphatic heterocycles. The lowest BCUT2D eigenvalue weighted by atomic mass is 9.95. The molecule has 0 bridgehead atoms. The first-order valence-corrected chi connectivity index (χ1v) is 8.45. The number of hydrogen-bond donors (Lipinski definition) is 1. The van der Waals surface area contributed by atoms with Crippen molar-refractivity contribution in [3.8, 4) is 10.7 Å². The van der Waals surface area contributed by atoms with Gasteiger partial charge in [0.2, 0.25) is 17.6 Å². The quantitative estimate of drug-likeness (QED) is 0.739. The van der Waals surface area contributed by atoms with Crippen molar-refractivity contribution in [2.75, 3.05) is 0 Å². The van der Waals surface area contributed by atoms with E-state index in [0.717, 1.165) is 10.4 Å². The van der Waals surface area contributed by atoms with Crippen molar-refractivity contribution in [1.29, 1.82) is 0 Å². The van der Waals surface area contributed by atoms with Crippen LogP contribution in [0.1, 0.15) is 30.7 Å². The van der Waals surface area contributed by atoms with Crippen molar-refractivity contribution in [1.82, 2.24) is 15.5 Å². The third-order valence-corrected chi connectivity index (χ3v) is 4.49. The van der Waals surface area contributed by atoms with Crippen LogP contribution in [-0.4, -0.2) is 16.0 Å². The van der Waals surface area contributed by atoms with Gasteiger partial charge in [-0.1, -0.05) is 30.3 Å². The predicted molar refractivity (Wildman–Crippen MR) is 88.9 cm³/mol. The Morgan fingerprint density at radius 3 is 2.79 bits per heavy atom. The van der Waals surface area contributed by atoms with Gasteiger partial charge in [0.15, 0.2) is 0 Å². The molecule has 3 rings (SSSR count). The number of aromatic nitrogens is 2. The average Bonchev–Trinajstić information content (AvgIpc) is 3.26. The van der Waals surface area contributed by atoms with Crippen molar-refractivity contribution < 1.29 is 13.7 Å². The van der Waals surface area contributed by atoms with Crippen LogP contribution in [0.5, 0.6) is 0 Å². The number of nitrogens with zero attached hydrogens (tertiary/aromatic N) is 2. The van der Waals surface area contributed by atoms with Crippen LogP contribution < -0.4 is 5.32 Å². The smallest absolute Gasteiger partial charge is 0.246 e. The van der Waals surface area contributed by atoms with E-state index < -0.39 is 0 Å². The largest absolute Gasteiger partial charge is 0.346 e. The Morgan fingerprint density at radius 1 is 1.33 bits per heavy atom. The van der Waals surface area contributed by atoms with Crippen LogP contribution in [0.15, 0.2) is 46.3 Å². The maximum absolute atomic E-state index is 13.0. The van der Waals surface area contributed by atoms with E-state index in [1.807, 2.05) is 24.4 Å². The highest BCUT2D eigenvalue weighted by molar-refractivity contribution is 7.13. The molecule has 24 heavy (non-hydrogen) atoms. The van der Waals surface area contributed by atoms with E-state index >= 15 is 0 Å². The summed E-state index contributed by atoms with van der Waals surface area (Å²) in [4.78, 5) is 17.5. The second-order valence-electron chi connectivity index (χ2n) is 5.22. The Morgan fingerprint density at radius 2 is 2.12 bits per heavy atom. The number of thiophene rings is 1. The number of amides is 1. The van der Waals surface area contributed by atoms with Gasteiger partial charge in [-0.05, 0) is 35.6 Å². The highest BCUT2D eigenvalue weighted by Gasteiger charge is 2.19. The van der Waals surface area contributed by atoms with Gasteiger partial charge in [0, 0.05) is 0 Å². The van der Waals surface area contributed by atoms with Gasteiger partial charge in [0.05, 0.1) is 17.3 Å². The second kappa shape index (κ2) is 7.35. The van der Waals surface area contributed by atoms with Crippen molar-refractivity contribution in [2.45, 2.75) is 25.8 Å². The fourth-order valence-electron chi connectivity index (χ4n) is 2.39. The molecule has 0 fully saturated rings. The minimum Gasteiger partial charge on any atom is -0.346 e. The van der Waals surface area contributed by atoms with Crippen molar-refractivity contribution in [3.05, 3.63) is 59.0 Å². The summed E-state index contributed by atoms with van der Waals surface area (Å²) < 4.78 is 18.2. The molecule has 7 heteroatoms. The molecule has 2 aromatic heterocycles. The number of carbonyl (C=O) groups is 1. The molecule has 0 spiro atoms. The van der Waals surface area contributed by atoms with Crippen LogP contribution in [0, 0.1) is 5.82 Å². The molecule has 1 N–H and O–H groups in total. The SMILES string of the molecule is CCC(C(=O)NCc1nc(-c2cccs2)no1)c1ccc(F)cc1. The van der Waals surface area contributed by atoms with Gasteiger partial charge in [0.25, 0.3) is 0 Å². The second-order valence-corrected chi connectivity index (χ2v) is 6.17. The summed E-state index contributed by atoms with van der Waals surface area (Å²) in [7, 11) is 0. The maximum atomic E-state index is 13.0. The van der Waals surface area contributed by atoms with Gasteiger partial charge in [-0.2, -0.15) is 4.98 Å². The van der Waals surface area contributed by atoms with E-state index in [4.69, 9.17) is 4.52 Å². The standard InChI is InChI=1S/C17H16FN3O2S/c1-2-13(11-5-7-12(18)8-6-11)17(22)19-10-15-20-16(21-23-15)14-4-3-9-24-14/h3-9,13H,2,10H2,1H3,(H,19,22). The van der Waals surface area contributed by atoms with Gasteiger partial charge in [0.1, 0.15) is 5.82 Å². The molecule has 1 unspecified atom stereocenters. The molecule has 0 saturated carbocycles. The Labute approximate surface area is 142 Å². The average molecular weight is 345 g/mol. The number of hydrogen-bond acceptors (Lipinski definition) is 5. The lowest BCUT2D eigenvalue weighted by molar-refractivity contribution is -0.122. The molecule has 0 aliphatic carbocycles. The Bertz CT molecular complexity index is 800. The number of rotatable bonds is 6. The summed E-state index contributed by atoms with van der Waals surface area (Å²) in [6.45, 7) is 2.07. The van der Waals surface area contributed by atoms with Gasteiger partial charge in [-0.25, -0.2) is 4.39 Å². The van der Waals surface area contributed by atoms with E-state index in [1.54, 1.807) is 12.1 Å². The van der Waals surface area contributed by atoms with E-state index in [9.17, 15) is 9.18 Å². The molecule has 0 aliphatic rings. The van der Waals surface area contributed by atoms with E-state index in [0.29, 0.717) is 18.1 Å². The molecule has 1 aromatic carbocycles. The van der Waals surface area contributed by atoms with E-state index in [2.05, 4.69) is 15.5 Å². The van der Waals surface area contributed by atoms with Crippen molar-refractivity contribution in [3.63, 3.8) is 0 Å². The summed E-state index contributed by atoms with van der Waals surface area (Å²) in [6.07, 6.45) is 0.613. The van der Waals surface area contributed by atoms with Crippen LogP contribution >= 0.6 is 11.3 Å². The predicted octanol–water partition coefficient (Wildman–Crippen LogP) is 3.75. The number of benzene rings is 1. The lowest BCUT2D eigenvalue weighted by Crippen LogP contribution is -2.28. The molecule has 124 valence electrons. The third-order valence-electron chi connectivity index (χ3n) is 3.62. The summed E-state index contributed by atoms with van der Waals surface area (Å²) in [5, 5.41) is 8.63. The molecular weight excluding hydrogens is 329 g/mol. The highest BCUT2D eigenvalue weighted by Crippen LogP contribution is 2.22. The Balaban J connectivity index is 1.63. The molecular formula is C17H16FN3O2S. The van der Waals surface area contributed by atoms with Crippen molar-refractivity contribution >= 4 is 17.2 Å². The third kappa shape index (κ3) is 3.68. The van der Waals surface area contributed by atoms with Gasteiger partial charge < -0.3 is 9.84 Å². The Hall–Kier alpha value is -2.54. The van der Waals surface area contributed by atoms with Crippen LogP contribution in [0.3, 0.4) is 0 Å². The fraction of sp³-hybridized carbons (Fsp3) is 0.235. The van der Waals surface area contributed by atoms with Crippen LogP contribution in [0.2, 0.25) is 0 Å². The highest BCUT2D eigenvalue weighted by atomic mass is 32.1. The fourth-order valence-corrected chi connectivity index (χ4v) is 3.04. The minimum atomic E-state index is -0.342. The number of halogens is 1. The first kappa shape index (κ1) is 16.3. The normalized spacial score (nSPS) is 12.1. The molecule has 5 nitrogen and oxygen atoms in total. The van der Waals surface area contributed by atoms with E-state index in [1.165, 1.54) is 23.5 Å². The first-order valence-electron chi connectivity index (χ1n) is 7.57. The Kier molecular flexibility index (Phi) is 5.00. The molecule has 3 aromatic rings. The zero-order valence-corrected chi connectivity index (χ0v) is 13.8. The number of nitrogens with one attached hydrogen (secondary N) is 1. The van der Waals surface area contributed by atoms with Crippen molar-refractivity contribution in [2.24, 2.45) is 0 Å². The van der Waals surface area contributed by atoms with Crippen LogP contribution in [0.4, 0.5) is 4.39 Å². The zero-order chi connectivity index (χ0) is 16.9. The lowest BCUT2D eigenvalue weighted by Gasteiger charge is -2.14. The molecule has 0 radical (unpaired) electrons.